The van der Waals surface area contributed by atoms with Gasteiger partial charge in [-0.05, 0) is 25.3 Å². The second-order valence-corrected chi connectivity index (χ2v) is 4.78. The summed E-state index contributed by atoms with van der Waals surface area (Å²) in [5.74, 6) is 1.14. The maximum Gasteiger partial charge on any atom is 0.226 e. The van der Waals surface area contributed by atoms with Crippen LogP contribution in [0.4, 0.5) is 0 Å². The summed E-state index contributed by atoms with van der Waals surface area (Å²) in [5, 5.41) is 3.29. The number of carbonyl (C=O) groups is 1. The van der Waals surface area contributed by atoms with Crippen LogP contribution in [-0.4, -0.2) is 37.5 Å². The molecule has 1 amide bonds. The Labute approximate surface area is 93.2 Å². The van der Waals surface area contributed by atoms with Crippen LogP contribution in [0, 0.1) is 11.8 Å². The number of piperidine rings is 1. The molecule has 1 aliphatic rings. The van der Waals surface area contributed by atoms with Gasteiger partial charge in [-0.2, -0.15) is 0 Å². The molecule has 0 aliphatic carbocycles. The van der Waals surface area contributed by atoms with E-state index in [1.165, 1.54) is 0 Å². The van der Waals surface area contributed by atoms with Crippen molar-refractivity contribution in [2.24, 2.45) is 11.8 Å². The quantitative estimate of drug-likeness (QED) is 0.766. The van der Waals surface area contributed by atoms with Crippen molar-refractivity contribution in [2.75, 3.05) is 26.7 Å². The van der Waals surface area contributed by atoms with Gasteiger partial charge in [0.25, 0.3) is 0 Å². The molecule has 88 valence electrons. The van der Waals surface area contributed by atoms with E-state index >= 15 is 0 Å². The van der Waals surface area contributed by atoms with Gasteiger partial charge >= 0.3 is 0 Å². The van der Waals surface area contributed by atoms with E-state index in [-0.39, 0.29) is 5.92 Å². The summed E-state index contributed by atoms with van der Waals surface area (Å²) in [6.07, 6.45) is 3.32. The first-order chi connectivity index (χ1) is 7.15. The Morgan fingerprint density at radius 1 is 1.60 bits per heavy atom. The molecule has 1 unspecified atom stereocenters. The van der Waals surface area contributed by atoms with Gasteiger partial charge < -0.3 is 10.2 Å². The van der Waals surface area contributed by atoms with E-state index in [1.807, 2.05) is 11.9 Å². The van der Waals surface area contributed by atoms with Crippen LogP contribution >= 0.6 is 0 Å². The molecule has 0 saturated carbocycles. The Morgan fingerprint density at radius 3 is 2.87 bits per heavy atom. The van der Waals surface area contributed by atoms with E-state index in [0.717, 1.165) is 38.9 Å². The molecule has 1 N–H and O–H groups in total. The van der Waals surface area contributed by atoms with E-state index in [9.17, 15) is 4.79 Å². The molecule has 1 fully saturated rings. The summed E-state index contributed by atoms with van der Waals surface area (Å²) < 4.78 is 0. The second kappa shape index (κ2) is 6.11. The lowest BCUT2D eigenvalue weighted by molar-refractivity contribution is -0.135. The summed E-state index contributed by atoms with van der Waals surface area (Å²) in [5.41, 5.74) is 0. The van der Waals surface area contributed by atoms with E-state index in [4.69, 9.17) is 0 Å². The van der Waals surface area contributed by atoms with E-state index < -0.39 is 0 Å². The molecule has 15 heavy (non-hydrogen) atoms. The highest BCUT2D eigenvalue weighted by Crippen LogP contribution is 2.14. The Bertz CT molecular complexity index is 200. The SMILES string of the molecule is CCC(C)CN(C)C(=O)[C@H]1CCCNC1. The number of hydrogen-bond acceptors (Lipinski definition) is 2. The Kier molecular flexibility index (Phi) is 5.09. The lowest BCUT2D eigenvalue weighted by Gasteiger charge is -2.28. The Morgan fingerprint density at radius 2 is 2.33 bits per heavy atom. The first-order valence-corrected chi connectivity index (χ1v) is 6.10. The fraction of sp³-hybridized carbons (Fsp3) is 0.917. The van der Waals surface area contributed by atoms with Crippen LogP contribution in [0.5, 0.6) is 0 Å². The third kappa shape index (κ3) is 3.82. The van der Waals surface area contributed by atoms with E-state index in [0.29, 0.717) is 11.8 Å². The van der Waals surface area contributed by atoms with Gasteiger partial charge in [-0.25, -0.2) is 0 Å². The molecule has 1 aliphatic heterocycles. The zero-order chi connectivity index (χ0) is 11.3. The fourth-order valence-electron chi connectivity index (χ4n) is 2.06. The van der Waals surface area contributed by atoms with Crippen LogP contribution < -0.4 is 5.32 Å². The standard InChI is InChI=1S/C12H24N2O/c1-4-10(2)9-14(3)12(15)11-6-5-7-13-8-11/h10-11,13H,4-9H2,1-3H3/t10?,11-/m0/s1. The largest absolute Gasteiger partial charge is 0.345 e. The highest BCUT2D eigenvalue weighted by atomic mass is 16.2. The van der Waals surface area contributed by atoms with Gasteiger partial charge in [0.2, 0.25) is 5.91 Å². The minimum Gasteiger partial charge on any atom is -0.345 e. The molecule has 0 aromatic rings. The molecule has 0 bridgehead atoms. The average molecular weight is 212 g/mol. The number of nitrogens with zero attached hydrogens (tertiary/aromatic N) is 1. The molecular weight excluding hydrogens is 188 g/mol. The molecule has 0 radical (unpaired) electrons. The fourth-order valence-corrected chi connectivity index (χ4v) is 2.06. The first-order valence-electron chi connectivity index (χ1n) is 6.10. The van der Waals surface area contributed by atoms with Gasteiger partial charge in [-0.3, -0.25) is 4.79 Å². The van der Waals surface area contributed by atoms with Gasteiger partial charge in [0.15, 0.2) is 0 Å². The van der Waals surface area contributed by atoms with Crippen molar-refractivity contribution < 1.29 is 4.79 Å². The number of carbonyl (C=O) groups excluding carboxylic acids is 1. The van der Waals surface area contributed by atoms with Gasteiger partial charge in [0.1, 0.15) is 0 Å². The Hall–Kier alpha value is -0.570. The minimum atomic E-state index is 0.216. The average Bonchev–Trinajstić information content (AvgIpc) is 2.29. The normalized spacial score (nSPS) is 23.5. The van der Waals surface area contributed by atoms with Crippen LogP contribution in [0.2, 0.25) is 0 Å². The van der Waals surface area contributed by atoms with Crippen molar-refractivity contribution in [2.45, 2.75) is 33.1 Å². The monoisotopic (exact) mass is 212 g/mol. The van der Waals surface area contributed by atoms with Gasteiger partial charge in [-0.1, -0.05) is 20.3 Å². The molecule has 1 rings (SSSR count). The molecule has 1 heterocycles. The van der Waals surface area contributed by atoms with Crippen LogP contribution in [-0.2, 0) is 4.79 Å². The Balaban J connectivity index is 2.37. The van der Waals surface area contributed by atoms with Crippen molar-refractivity contribution in [3.05, 3.63) is 0 Å². The van der Waals surface area contributed by atoms with Crippen LogP contribution in [0.1, 0.15) is 33.1 Å². The predicted molar refractivity (Wildman–Crippen MR) is 62.7 cm³/mol. The van der Waals surface area contributed by atoms with Crippen molar-refractivity contribution >= 4 is 5.91 Å². The van der Waals surface area contributed by atoms with Gasteiger partial charge in [0, 0.05) is 20.1 Å². The molecule has 3 heteroatoms. The summed E-state index contributed by atoms with van der Waals surface area (Å²) in [6.45, 7) is 7.20. The lowest BCUT2D eigenvalue weighted by Crippen LogP contribution is -2.42. The predicted octanol–water partition coefficient (Wildman–Crippen LogP) is 1.49. The molecule has 0 spiro atoms. The number of hydrogen-bond donors (Lipinski definition) is 1. The van der Waals surface area contributed by atoms with Gasteiger partial charge in [0.05, 0.1) is 5.92 Å². The van der Waals surface area contributed by atoms with Crippen LogP contribution in [0.3, 0.4) is 0 Å². The number of amides is 1. The highest BCUT2D eigenvalue weighted by molar-refractivity contribution is 5.78. The topological polar surface area (TPSA) is 32.3 Å². The molecular formula is C12H24N2O. The highest BCUT2D eigenvalue weighted by Gasteiger charge is 2.24. The zero-order valence-electron chi connectivity index (χ0n) is 10.3. The number of rotatable bonds is 4. The van der Waals surface area contributed by atoms with Crippen molar-refractivity contribution in [3.8, 4) is 0 Å². The van der Waals surface area contributed by atoms with E-state index in [2.05, 4.69) is 19.2 Å². The summed E-state index contributed by atoms with van der Waals surface area (Å²) in [4.78, 5) is 13.9. The maximum atomic E-state index is 12.0. The third-order valence-electron chi connectivity index (χ3n) is 3.30. The molecule has 3 nitrogen and oxygen atoms in total. The maximum absolute atomic E-state index is 12.0. The molecule has 1 saturated heterocycles. The first kappa shape index (κ1) is 12.5. The van der Waals surface area contributed by atoms with Crippen molar-refractivity contribution in [3.63, 3.8) is 0 Å². The number of nitrogens with one attached hydrogen (secondary N) is 1. The lowest BCUT2D eigenvalue weighted by atomic mass is 9.97. The van der Waals surface area contributed by atoms with Crippen molar-refractivity contribution in [1.82, 2.24) is 10.2 Å². The van der Waals surface area contributed by atoms with Crippen LogP contribution in [0.15, 0.2) is 0 Å². The van der Waals surface area contributed by atoms with Crippen molar-refractivity contribution in [1.29, 1.82) is 0 Å². The van der Waals surface area contributed by atoms with E-state index in [1.54, 1.807) is 0 Å². The summed E-state index contributed by atoms with van der Waals surface area (Å²) in [7, 11) is 1.93. The smallest absolute Gasteiger partial charge is 0.226 e. The summed E-state index contributed by atoms with van der Waals surface area (Å²) in [6, 6.07) is 0. The molecule has 0 aromatic heterocycles. The summed E-state index contributed by atoms with van der Waals surface area (Å²) >= 11 is 0. The zero-order valence-corrected chi connectivity index (χ0v) is 10.3. The minimum absolute atomic E-state index is 0.216. The molecule has 0 aromatic carbocycles. The third-order valence-corrected chi connectivity index (χ3v) is 3.30. The van der Waals surface area contributed by atoms with Crippen LogP contribution in [0.25, 0.3) is 0 Å². The molecule has 2 atom stereocenters. The van der Waals surface area contributed by atoms with Gasteiger partial charge in [-0.15, -0.1) is 0 Å². The second-order valence-electron chi connectivity index (χ2n) is 4.78.